The molecule has 0 atom stereocenters. The number of carbonyl (C=O) groups excluding carboxylic acids is 1. The number of hydrogen-bond acceptors (Lipinski definition) is 4. The Morgan fingerprint density at radius 3 is 2.67 bits per heavy atom. The van der Waals surface area contributed by atoms with Gasteiger partial charge in [0.15, 0.2) is 0 Å². The van der Waals surface area contributed by atoms with Crippen molar-refractivity contribution in [3.8, 4) is 0 Å². The van der Waals surface area contributed by atoms with Crippen LogP contribution in [0.25, 0.3) is 21.0 Å². The Bertz CT molecular complexity index is 1240. The van der Waals surface area contributed by atoms with E-state index in [0.29, 0.717) is 27.2 Å². The number of amides is 1. The van der Waals surface area contributed by atoms with Crippen LogP contribution in [0.5, 0.6) is 0 Å². The Kier molecular flexibility index (Phi) is 4.28. The number of carbonyl (C=O) groups is 1. The molecule has 5 nitrogen and oxygen atoms in total. The lowest BCUT2D eigenvalue weighted by Gasteiger charge is -2.21. The van der Waals surface area contributed by atoms with Gasteiger partial charge in [-0.05, 0) is 42.3 Å². The van der Waals surface area contributed by atoms with Crippen LogP contribution in [0.1, 0.15) is 22.2 Å². The molecule has 0 bridgehead atoms. The van der Waals surface area contributed by atoms with Crippen molar-refractivity contribution in [2.45, 2.75) is 13.8 Å². The van der Waals surface area contributed by atoms with Crippen molar-refractivity contribution in [1.82, 2.24) is 9.55 Å². The van der Waals surface area contributed by atoms with Gasteiger partial charge in [0.25, 0.3) is 11.5 Å². The van der Waals surface area contributed by atoms with Crippen LogP contribution < -0.4 is 10.5 Å². The van der Waals surface area contributed by atoms with Crippen molar-refractivity contribution in [1.29, 1.82) is 0 Å². The predicted molar refractivity (Wildman–Crippen MR) is 111 cm³/mol. The number of nitrogens with zero attached hydrogens (tertiary/aromatic N) is 3. The predicted octanol–water partition coefficient (Wildman–Crippen LogP) is 4.12. The minimum Gasteiger partial charge on any atom is -0.308 e. The topological polar surface area (TPSA) is 55.2 Å². The third kappa shape index (κ3) is 2.82. The van der Waals surface area contributed by atoms with Crippen molar-refractivity contribution in [2.75, 3.05) is 11.4 Å². The van der Waals surface area contributed by atoms with Gasteiger partial charge in [0, 0.05) is 19.3 Å². The maximum Gasteiger partial charge on any atom is 0.268 e. The van der Waals surface area contributed by atoms with E-state index < -0.39 is 0 Å². The van der Waals surface area contributed by atoms with E-state index in [2.05, 4.69) is 11.1 Å². The molecule has 27 heavy (non-hydrogen) atoms. The molecule has 0 aliphatic carbocycles. The quantitative estimate of drug-likeness (QED) is 0.540. The van der Waals surface area contributed by atoms with Crippen LogP contribution >= 0.6 is 11.3 Å². The number of benzene rings is 2. The standard InChI is InChI=1S/C21H19N3O2S/c1-4-24(16-10-9-14-7-5-6-8-15(14)11-16)21(26)18-13(2)17-19(27-18)22-12-23(3)20(17)25/h5-12H,4H2,1-3H3. The van der Waals surface area contributed by atoms with Gasteiger partial charge in [-0.15, -0.1) is 11.3 Å². The van der Waals surface area contributed by atoms with Crippen LogP contribution in [0.15, 0.2) is 53.6 Å². The van der Waals surface area contributed by atoms with Crippen molar-refractivity contribution >= 4 is 43.9 Å². The highest BCUT2D eigenvalue weighted by molar-refractivity contribution is 7.20. The zero-order valence-corrected chi connectivity index (χ0v) is 16.2. The largest absolute Gasteiger partial charge is 0.308 e. The fourth-order valence-electron chi connectivity index (χ4n) is 3.32. The number of thiophene rings is 1. The van der Waals surface area contributed by atoms with Crippen molar-refractivity contribution in [3.05, 3.63) is 69.6 Å². The average molecular weight is 377 g/mol. The first-order chi connectivity index (χ1) is 13.0. The molecule has 0 fully saturated rings. The molecule has 6 heteroatoms. The molecular formula is C21H19N3O2S. The molecule has 0 aliphatic rings. The van der Waals surface area contributed by atoms with Gasteiger partial charge in [-0.3, -0.25) is 9.59 Å². The van der Waals surface area contributed by atoms with Crippen LogP contribution in [-0.2, 0) is 7.05 Å². The van der Waals surface area contributed by atoms with Gasteiger partial charge < -0.3 is 9.47 Å². The number of fused-ring (bicyclic) bond motifs is 2. The van der Waals surface area contributed by atoms with Crippen molar-refractivity contribution in [2.24, 2.45) is 7.05 Å². The summed E-state index contributed by atoms with van der Waals surface area (Å²) in [5.41, 5.74) is 1.42. The number of aromatic nitrogens is 2. The Hall–Kier alpha value is -2.99. The molecule has 4 rings (SSSR count). The maximum absolute atomic E-state index is 13.3. The summed E-state index contributed by atoms with van der Waals surface area (Å²) < 4.78 is 1.44. The summed E-state index contributed by atoms with van der Waals surface area (Å²) in [4.78, 5) is 33.0. The van der Waals surface area contributed by atoms with Gasteiger partial charge in [0.1, 0.15) is 4.83 Å². The fourth-order valence-corrected chi connectivity index (χ4v) is 4.41. The van der Waals surface area contributed by atoms with E-state index in [4.69, 9.17) is 0 Å². The molecule has 2 aromatic heterocycles. The summed E-state index contributed by atoms with van der Waals surface area (Å²) in [6.07, 6.45) is 1.50. The average Bonchev–Trinajstić information content (AvgIpc) is 3.02. The number of anilines is 1. The Morgan fingerprint density at radius 1 is 1.19 bits per heavy atom. The Morgan fingerprint density at radius 2 is 1.93 bits per heavy atom. The molecule has 136 valence electrons. The molecule has 0 radical (unpaired) electrons. The molecule has 2 heterocycles. The molecular weight excluding hydrogens is 358 g/mol. The monoisotopic (exact) mass is 377 g/mol. The van der Waals surface area contributed by atoms with Crippen LogP contribution in [-0.4, -0.2) is 22.0 Å². The van der Waals surface area contributed by atoms with Gasteiger partial charge in [-0.2, -0.15) is 0 Å². The zero-order valence-electron chi connectivity index (χ0n) is 15.4. The lowest BCUT2D eigenvalue weighted by molar-refractivity contribution is 0.0992. The van der Waals surface area contributed by atoms with E-state index in [9.17, 15) is 9.59 Å². The molecule has 0 N–H and O–H groups in total. The van der Waals surface area contributed by atoms with Crippen LogP contribution in [0.2, 0.25) is 0 Å². The lowest BCUT2D eigenvalue weighted by Crippen LogP contribution is -2.30. The lowest BCUT2D eigenvalue weighted by atomic mass is 10.1. The first-order valence-corrected chi connectivity index (χ1v) is 9.58. The second-order valence-electron chi connectivity index (χ2n) is 6.48. The van der Waals surface area contributed by atoms with E-state index in [1.54, 1.807) is 11.9 Å². The van der Waals surface area contributed by atoms with E-state index in [0.717, 1.165) is 16.5 Å². The van der Waals surface area contributed by atoms with E-state index in [-0.39, 0.29) is 11.5 Å². The summed E-state index contributed by atoms with van der Waals surface area (Å²) >= 11 is 1.28. The fraction of sp³-hybridized carbons (Fsp3) is 0.190. The SMILES string of the molecule is CCN(C(=O)c1sc2ncn(C)c(=O)c2c1C)c1ccc2ccccc2c1. The third-order valence-electron chi connectivity index (χ3n) is 4.81. The van der Waals surface area contributed by atoms with Gasteiger partial charge >= 0.3 is 0 Å². The summed E-state index contributed by atoms with van der Waals surface area (Å²) in [5, 5.41) is 2.75. The summed E-state index contributed by atoms with van der Waals surface area (Å²) in [7, 11) is 1.67. The highest BCUT2D eigenvalue weighted by atomic mass is 32.1. The first-order valence-electron chi connectivity index (χ1n) is 8.76. The Balaban J connectivity index is 1.82. The molecule has 0 saturated heterocycles. The molecule has 0 aliphatic heterocycles. The number of rotatable bonds is 3. The molecule has 0 spiro atoms. The van der Waals surface area contributed by atoms with E-state index in [1.807, 2.05) is 50.2 Å². The van der Waals surface area contributed by atoms with Crippen LogP contribution in [0.3, 0.4) is 0 Å². The molecule has 4 aromatic rings. The number of hydrogen-bond donors (Lipinski definition) is 0. The Labute approximate surface area is 160 Å². The van der Waals surface area contributed by atoms with Gasteiger partial charge in [-0.1, -0.05) is 30.3 Å². The zero-order chi connectivity index (χ0) is 19.1. The molecule has 1 amide bonds. The number of aryl methyl sites for hydroxylation is 2. The second-order valence-corrected chi connectivity index (χ2v) is 7.48. The molecule has 0 saturated carbocycles. The maximum atomic E-state index is 13.3. The molecule has 2 aromatic carbocycles. The highest BCUT2D eigenvalue weighted by Crippen LogP contribution is 2.30. The van der Waals surface area contributed by atoms with E-state index in [1.165, 1.54) is 22.2 Å². The third-order valence-corrected chi connectivity index (χ3v) is 6.00. The summed E-state index contributed by atoms with van der Waals surface area (Å²) in [6, 6.07) is 14.1. The summed E-state index contributed by atoms with van der Waals surface area (Å²) in [6.45, 7) is 4.31. The first kappa shape index (κ1) is 17.4. The summed E-state index contributed by atoms with van der Waals surface area (Å²) in [5.74, 6) is -0.102. The molecule has 0 unspecified atom stereocenters. The normalized spacial score (nSPS) is 11.2. The second kappa shape index (κ2) is 6.63. The van der Waals surface area contributed by atoms with Crippen LogP contribution in [0, 0.1) is 6.92 Å². The minimum absolute atomic E-state index is 0.102. The van der Waals surface area contributed by atoms with Crippen molar-refractivity contribution < 1.29 is 4.79 Å². The van der Waals surface area contributed by atoms with E-state index >= 15 is 0 Å². The van der Waals surface area contributed by atoms with Gasteiger partial charge in [-0.25, -0.2) is 4.98 Å². The smallest absolute Gasteiger partial charge is 0.268 e. The van der Waals surface area contributed by atoms with Crippen LogP contribution in [0.4, 0.5) is 5.69 Å². The van der Waals surface area contributed by atoms with Gasteiger partial charge in [0.2, 0.25) is 0 Å². The van der Waals surface area contributed by atoms with Gasteiger partial charge in [0.05, 0.1) is 16.6 Å². The van der Waals surface area contributed by atoms with Crippen molar-refractivity contribution in [3.63, 3.8) is 0 Å². The highest BCUT2D eigenvalue weighted by Gasteiger charge is 2.24. The minimum atomic E-state index is -0.124.